The van der Waals surface area contributed by atoms with E-state index in [2.05, 4.69) is 5.32 Å². The third-order valence-electron chi connectivity index (χ3n) is 2.30. The Morgan fingerprint density at radius 1 is 1.18 bits per heavy atom. The molecule has 1 unspecified atom stereocenters. The van der Waals surface area contributed by atoms with Crippen molar-refractivity contribution in [3.05, 3.63) is 24.3 Å². The van der Waals surface area contributed by atoms with Gasteiger partial charge < -0.3 is 19.9 Å². The molecule has 1 aromatic rings. The SMILES string of the molecule is COc1ccc(OCC(CO)NC(C)C)cc1. The van der Waals surface area contributed by atoms with Gasteiger partial charge in [0.05, 0.1) is 19.8 Å². The average Bonchev–Trinajstić information content (AvgIpc) is 2.34. The van der Waals surface area contributed by atoms with Crippen LogP contribution in [0.4, 0.5) is 0 Å². The molecule has 1 atom stereocenters. The Morgan fingerprint density at radius 2 is 1.76 bits per heavy atom. The van der Waals surface area contributed by atoms with Crippen LogP contribution < -0.4 is 14.8 Å². The molecule has 4 heteroatoms. The van der Waals surface area contributed by atoms with Crippen LogP contribution in [0.1, 0.15) is 13.8 Å². The van der Waals surface area contributed by atoms with Crippen LogP contribution >= 0.6 is 0 Å². The van der Waals surface area contributed by atoms with Crippen LogP contribution in [0.25, 0.3) is 0 Å². The van der Waals surface area contributed by atoms with E-state index in [9.17, 15) is 5.11 Å². The van der Waals surface area contributed by atoms with Crippen LogP contribution in [-0.4, -0.2) is 37.5 Å². The van der Waals surface area contributed by atoms with E-state index < -0.39 is 0 Å². The molecule has 0 saturated heterocycles. The first-order chi connectivity index (χ1) is 8.15. The highest BCUT2D eigenvalue weighted by Crippen LogP contribution is 2.17. The third-order valence-corrected chi connectivity index (χ3v) is 2.30. The Kier molecular flexibility index (Phi) is 5.80. The van der Waals surface area contributed by atoms with Gasteiger partial charge in [-0.1, -0.05) is 13.8 Å². The van der Waals surface area contributed by atoms with E-state index in [-0.39, 0.29) is 12.6 Å². The van der Waals surface area contributed by atoms with Crippen molar-refractivity contribution in [3.63, 3.8) is 0 Å². The molecule has 0 spiro atoms. The molecule has 0 amide bonds. The minimum absolute atomic E-state index is 0.0444. The largest absolute Gasteiger partial charge is 0.497 e. The molecule has 4 nitrogen and oxygen atoms in total. The molecule has 0 aliphatic carbocycles. The molecule has 0 aliphatic heterocycles. The zero-order chi connectivity index (χ0) is 12.7. The number of methoxy groups -OCH3 is 1. The number of hydrogen-bond acceptors (Lipinski definition) is 4. The molecular formula is C13H21NO3. The first-order valence-corrected chi connectivity index (χ1v) is 5.79. The maximum Gasteiger partial charge on any atom is 0.119 e. The summed E-state index contributed by atoms with van der Waals surface area (Å²) in [5.41, 5.74) is 0. The molecule has 0 heterocycles. The van der Waals surface area contributed by atoms with E-state index in [4.69, 9.17) is 9.47 Å². The normalized spacial score (nSPS) is 12.5. The Morgan fingerprint density at radius 3 is 2.24 bits per heavy atom. The Balaban J connectivity index is 2.42. The van der Waals surface area contributed by atoms with E-state index in [1.807, 2.05) is 38.1 Å². The van der Waals surface area contributed by atoms with Gasteiger partial charge in [-0.25, -0.2) is 0 Å². The molecule has 1 aromatic carbocycles. The summed E-state index contributed by atoms with van der Waals surface area (Å²) in [5, 5.41) is 12.4. The van der Waals surface area contributed by atoms with Crippen LogP contribution in [0.15, 0.2) is 24.3 Å². The lowest BCUT2D eigenvalue weighted by Gasteiger charge is -2.19. The first kappa shape index (κ1) is 13.8. The molecule has 0 aromatic heterocycles. The smallest absolute Gasteiger partial charge is 0.119 e. The van der Waals surface area contributed by atoms with E-state index in [0.717, 1.165) is 11.5 Å². The number of hydrogen-bond donors (Lipinski definition) is 2. The summed E-state index contributed by atoms with van der Waals surface area (Å²) in [6.07, 6.45) is 0. The standard InChI is InChI=1S/C13H21NO3/c1-10(2)14-11(8-15)9-17-13-6-4-12(16-3)5-7-13/h4-7,10-11,14-15H,8-9H2,1-3H3. The predicted molar refractivity (Wildman–Crippen MR) is 67.6 cm³/mol. The maximum atomic E-state index is 9.17. The van der Waals surface area contributed by atoms with Crippen molar-refractivity contribution < 1.29 is 14.6 Å². The molecule has 17 heavy (non-hydrogen) atoms. The monoisotopic (exact) mass is 239 g/mol. The van der Waals surface area contributed by atoms with E-state index in [1.165, 1.54) is 0 Å². The summed E-state index contributed by atoms with van der Waals surface area (Å²) in [4.78, 5) is 0. The second kappa shape index (κ2) is 7.14. The molecule has 96 valence electrons. The summed E-state index contributed by atoms with van der Waals surface area (Å²) in [7, 11) is 1.63. The minimum Gasteiger partial charge on any atom is -0.497 e. The summed E-state index contributed by atoms with van der Waals surface area (Å²) in [5.74, 6) is 1.58. The second-order valence-electron chi connectivity index (χ2n) is 4.19. The summed E-state index contributed by atoms with van der Waals surface area (Å²) in [6, 6.07) is 7.67. The maximum absolute atomic E-state index is 9.17. The highest BCUT2D eigenvalue weighted by molar-refractivity contribution is 5.31. The molecule has 0 saturated carbocycles. The molecule has 0 radical (unpaired) electrons. The van der Waals surface area contributed by atoms with E-state index >= 15 is 0 Å². The summed E-state index contributed by atoms with van der Waals surface area (Å²) in [6.45, 7) is 4.58. The molecule has 0 bridgehead atoms. The number of aliphatic hydroxyl groups is 1. The van der Waals surface area contributed by atoms with Gasteiger partial charge in [0.15, 0.2) is 0 Å². The minimum atomic E-state index is -0.0444. The van der Waals surface area contributed by atoms with Crippen LogP contribution in [0.2, 0.25) is 0 Å². The van der Waals surface area contributed by atoms with Crippen molar-refractivity contribution in [2.75, 3.05) is 20.3 Å². The van der Waals surface area contributed by atoms with E-state index in [1.54, 1.807) is 7.11 Å². The van der Waals surface area contributed by atoms with Gasteiger partial charge in [-0.2, -0.15) is 0 Å². The van der Waals surface area contributed by atoms with Crippen molar-refractivity contribution in [1.29, 1.82) is 0 Å². The lowest BCUT2D eigenvalue weighted by atomic mass is 10.2. The number of aliphatic hydroxyl groups excluding tert-OH is 1. The van der Waals surface area contributed by atoms with Crippen LogP contribution in [0, 0.1) is 0 Å². The molecule has 2 N–H and O–H groups in total. The van der Waals surface area contributed by atoms with Gasteiger partial charge in [-0.15, -0.1) is 0 Å². The van der Waals surface area contributed by atoms with Gasteiger partial charge in [0.25, 0.3) is 0 Å². The predicted octanol–water partition coefficient (Wildman–Crippen LogP) is 1.43. The second-order valence-corrected chi connectivity index (χ2v) is 4.19. The van der Waals surface area contributed by atoms with Crippen molar-refractivity contribution >= 4 is 0 Å². The summed E-state index contributed by atoms with van der Waals surface area (Å²) >= 11 is 0. The first-order valence-electron chi connectivity index (χ1n) is 5.79. The molecule has 0 fully saturated rings. The Bertz CT molecular complexity index is 311. The Labute approximate surface area is 103 Å². The van der Waals surface area contributed by atoms with Crippen molar-refractivity contribution in [2.45, 2.75) is 25.9 Å². The van der Waals surface area contributed by atoms with Crippen LogP contribution in [-0.2, 0) is 0 Å². The fourth-order valence-corrected chi connectivity index (χ4v) is 1.49. The van der Waals surface area contributed by atoms with E-state index in [0.29, 0.717) is 12.6 Å². The highest BCUT2D eigenvalue weighted by Gasteiger charge is 2.09. The fourth-order valence-electron chi connectivity index (χ4n) is 1.49. The third kappa shape index (κ3) is 5.06. The van der Waals surface area contributed by atoms with Gasteiger partial charge >= 0.3 is 0 Å². The number of nitrogens with one attached hydrogen (secondary N) is 1. The van der Waals surface area contributed by atoms with Gasteiger partial charge in [0, 0.05) is 6.04 Å². The van der Waals surface area contributed by atoms with Gasteiger partial charge in [0.2, 0.25) is 0 Å². The van der Waals surface area contributed by atoms with Gasteiger partial charge in [0.1, 0.15) is 18.1 Å². The van der Waals surface area contributed by atoms with Gasteiger partial charge in [-0.05, 0) is 24.3 Å². The number of rotatable bonds is 7. The molecule has 0 aliphatic rings. The lowest BCUT2D eigenvalue weighted by molar-refractivity contribution is 0.177. The zero-order valence-electron chi connectivity index (χ0n) is 10.6. The fraction of sp³-hybridized carbons (Fsp3) is 0.538. The van der Waals surface area contributed by atoms with Gasteiger partial charge in [-0.3, -0.25) is 0 Å². The summed E-state index contributed by atoms with van der Waals surface area (Å²) < 4.78 is 10.6. The quantitative estimate of drug-likeness (QED) is 0.756. The molecular weight excluding hydrogens is 218 g/mol. The molecule has 1 rings (SSSR count). The highest BCUT2D eigenvalue weighted by atomic mass is 16.5. The lowest BCUT2D eigenvalue weighted by Crippen LogP contribution is -2.41. The van der Waals surface area contributed by atoms with Crippen LogP contribution in [0.5, 0.6) is 11.5 Å². The Hall–Kier alpha value is -1.26. The number of ether oxygens (including phenoxy) is 2. The van der Waals surface area contributed by atoms with Crippen molar-refractivity contribution in [2.24, 2.45) is 0 Å². The van der Waals surface area contributed by atoms with Crippen LogP contribution in [0.3, 0.4) is 0 Å². The topological polar surface area (TPSA) is 50.7 Å². The van der Waals surface area contributed by atoms with Crippen molar-refractivity contribution in [3.8, 4) is 11.5 Å². The zero-order valence-corrected chi connectivity index (χ0v) is 10.6. The number of benzene rings is 1. The average molecular weight is 239 g/mol. The van der Waals surface area contributed by atoms with Crippen molar-refractivity contribution in [1.82, 2.24) is 5.32 Å².